The minimum absolute atomic E-state index is 0.189. The molecule has 0 spiro atoms. The highest BCUT2D eigenvalue weighted by atomic mass is 79.9. The van der Waals surface area contributed by atoms with Crippen LogP contribution in [0, 0.1) is 0 Å². The summed E-state index contributed by atoms with van der Waals surface area (Å²) in [7, 11) is 0. The second-order valence-corrected chi connectivity index (χ2v) is 10.1. The third kappa shape index (κ3) is 5.13. The number of aromatic nitrogens is 1. The summed E-state index contributed by atoms with van der Waals surface area (Å²) in [5.74, 6) is 0.890. The molecule has 8 heteroatoms. The average molecular weight is 524 g/mol. The fourth-order valence-electron chi connectivity index (χ4n) is 2.60. The van der Waals surface area contributed by atoms with Gasteiger partial charge in [-0.25, -0.2) is 4.98 Å². The van der Waals surface area contributed by atoms with E-state index in [0.717, 1.165) is 30.3 Å². The van der Waals surface area contributed by atoms with Crippen LogP contribution in [0.2, 0.25) is 10.0 Å². The molecule has 29 heavy (non-hydrogen) atoms. The number of nitrogens with zero attached hydrogens (tertiary/aromatic N) is 2. The molecule has 3 nitrogen and oxygen atoms in total. The molecule has 0 aliphatic carbocycles. The average Bonchev–Trinajstić information content (AvgIpc) is 3.11. The minimum Gasteiger partial charge on any atom is -0.507 e. The maximum Gasteiger partial charge on any atom is 0.151 e. The van der Waals surface area contributed by atoms with Crippen LogP contribution in [0.3, 0.4) is 0 Å². The summed E-state index contributed by atoms with van der Waals surface area (Å²) >= 11 is 18.9. The molecule has 3 aromatic carbocycles. The van der Waals surface area contributed by atoms with Gasteiger partial charge in [-0.05, 0) is 60.2 Å². The van der Waals surface area contributed by atoms with E-state index in [1.54, 1.807) is 47.5 Å². The number of phenolic OH excluding ortho intramolecular Hbond substituents is 1. The molecule has 0 bridgehead atoms. The van der Waals surface area contributed by atoms with Gasteiger partial charge in [-0.1, -0.05) is 50.9 Å². The number of benzene rings is 3. The van der Waals surface area contributed by atoms with Crippen LogP contribution in [-0.2, 0) is 5.75 Å². The first-order valence-corrected chi connectivity index (χ1v) is 11.8. The van der Waals surface area contributed by atoms with Gasteiger partial charge in [0.25, 0.3) is 0 Å². The lowest BCUT2D eigenvalue weighted by Crippen LogP contribution is -1.82. The molecule has 0 atom stereocenters. The maximum absolute atomic E-state index is 9.94. The lowest BCUT2D eigenvalue weighted by Gasteiger charge is -2.02. The number of fused-ring (bicyclic) bond motifs is 1. The van der Waals surface area contributed by atoms with Crippen molar-refractivity contribution in [2.24, 2.45) is 4.99 Å². The van der Waals surface area contributed by atoms with Crippen molar-refractivity contribution in [3.05, 3.63) is 80.2 Å². The van der Waals surface area contributed by atoms with Gasteiger partial charge in [0.05, 0.1) is 15.9 Å². The molecular weight excluding hydrogens is 511 g/mol. The van der Waals surface area contributed by atoms with Gasteiger partial charge >= 0.3 is 0 Å². The smallest absolute Gasteiger partial charge is 0.151 e. The monoisotopic (exact) mass is 522 g/mol. The van der Waals surface area contributed by atoms with Crippen molar-refractivity contribution in [2.45, 2.75) is 10.1 Å². The largest absolute Gasteiger partial charge is 0.507 e. The predicted octanol–water partition coefficient (Wildman–Crippen LogP) is 8.11. The SMILES string of the molecule is Oc1ccc(Br)cc1C=Nc1ccc2nc(SCc3cc(Cl)ccc3Cl)sc2c1. The van der Waals surface area contributed by atoms with Crippen molar-refractivity contribution in [3.63, 3.8) is 0 Å². The van der Waals surface area contributed by atoms with Crippen LogP contribution < -0.4 is 0 Å². The number of hydrogen-bond donors (Lipinski definition) is 1. The summed E-state index contributed by atoms with van der Waals surface area (Å²) in [5, 5.41) is 11.3. The Balaban J connectivity index is 1.52. The molecule has 0 radical (unpaired) electrons. The number of rotatable bonds is 5. The summed E-state index contributed by atoms with van der Waals surface area (Å²) in [6.07, 6.45) is 1.65. The summed E-state index contributed by atoms with van der Waals surface area (Å²) in [6, 6.07) is 16.6. The van der Waals surface area contributed by atoms with Gasteiger partial charge in [-0.2, -0.15) is 0 Å². The van der Waals surface area contributed by atoms with Gasteiger partial charge in [-0.15, -0.1) is 11.3 Å². The predicted molar refractivity (Wildman–Crippen MR) is 129 cm³/mol. The molecule has 0 amide bonds. The highest BCUT2D eigenvalue weighted by molar-refractivity contribution is 9.10. The van der Waals surface area contributed by atoms with Crippen LogP contribution >= 0.6 is 62.2 Å². The molecule has 1 N–H and O–H groups in total. The number of aromatic hydroxyl groups is 1. The van der Waals surface area contributed by atoms with E-state index >= 15 is 0 Å². The van der Waals surface area contributed by atoms with Crippen LogP contribution in [0.1, 0.15) is 11.1 Å². The van der Waals surface area contributed by atoms with Crippen LogP contribution in [0.4, 0.5) is 5.69 Å². The number of halogens is 3. The third-order valence-electron chi connectivity index (χ3n) is 4.05. The number of phenols is 1. The Morgan fingerprint density at radius 2 is 1.97 bits per heavy atom. The van der Waals surface area contributed by atoms with Gasteiger partial charge in [0, 0.05) is 32.0 Å². The van der Waals surface area contributed by atoms with E-state index < -0.39 is 0 Å². The molecule has 4 aromatic rings. The summed E-state index contributed by atoms with van der Waals surface area (Å²) in [5.41, 5.74) is 3.37. The van der Waals surface area contributed by atoms with E-state index in [2.05, 4.69) is 25.9 Å². The van der Waals surface area contributed by atoms with Gasteiger partial charge < -0.3 is 5.11 Å². The van der Waals surface area contributed by atoms with E-state index in [4.69, 9.17) is 23.2 Å². The van der Waals surface area contributed by atoms with E-state index in [9.17, 15) is 5.11 Å². The fourth-order valence-corrected chi connectivity index (χ4v) is 5.53. The van der Waals surface area contributed by atoms with Crippen molar-refractivity contribution >= 4 is 84.3 Å². The van der Waals surface area contributed by atoms with Crippen molar-refractivity contribution in [1.82, 2.24) is 4.98 Å². The Kier molecular flexibility index (Phi) is 6.47. The van der Waals surface area contributed by atoms with Crippen LogP contribution in [0.25, 0.3) is 10.2 Å². The van der Waals surface area contributed by atoms with Crippen molar-refractivity contribution in [2.75, 3.05) is 0 Å². The lowest BCUT2D eigenvalue weighted by molar-refractivity contribution is 0.474. The first-order valence-electron chi connectivity index (χ1n) is 8.48. The molecule has 0 aliphatic heterocycles. The summed E-state index contributed by atoms with van der Waals surface area (Å²) < 4.78 is 2.90. The Labute approximate surface area is 194 Å². The normalized spacial score (nSPS) is 11.6. The number of thioether (sulfide) groups is 1. The van der Waals surface area contributed by atoms with E-state index in [1.807, 2.05) is 36.4 Å². The molecular formula is C21H13BrCl2N2OS2. The van der Waals surface area contributed by atoms with E-state index in [-0.39, 0.29) is 5.75 Å². The van der Waals surface area contributed by atoms with Crippen LogP contribution in [0.5, 0.6) is 5.75 Å². The molecule has 1 aromatic heterocycles. The Hall–Kier alpha value is -1.57. The lowest BCUT2D eigenvalue weighted by atomic mass is 10.2. The fraction of sp³-hybridized carbons (Fsp3) is 0.0476. The first kappa shape index (κ1) is 20.7. The van der Waals surface area contributed by atoms with Crippen molar-refractivity contribution in [3.8, 4) is 5.75 Å². The second-order valence-electron chi connectivity index (χ2n) is 6.12. The van der Waals surface area contributed by atoms with Crippen LogP contribution in [-0.4, -0.2) is 16.3 Å². The highest BCUT2D eigenvalue weighted by Gasteiger charge is 2.08. The zero-order chi connectivity index (χ0) is 20.4. The molecule has 0 unspecified atom stereocenters. The van der Waals surface area contributed by atoms with Gasteiger partial charge in [0.1, 0.15) is 5.75 Å². The summed E-state index contributed by atoms with van der Waals surface area (Å²) in [4.78, 5) is 9.16. The van der Waals surface area contributed by atoms with Gasteiger partial charge in [0.15, 0.2) is 4.34 Å². The van der Waals surface area contributed by atoms with Crippen molar-refractivity contribution < 1.29 is 5.11 Å². The zero-order valence-electron chi connectivity index (χ0n) is 14.8. The Bertz CT molecular complexity index is 1230. The quantitative estimate of drug-likeness (QED) is 0.212. The van der Waals surface area contributed by atoms with Gasteiger partial charge in [-0.3, -0.25) is 4.99 Å². The second kappa shape index (κ2) is 9.06. The third-order valence-corrected chi connectivity index (χ3v) is 7.36. The number of hydrogen-bond acceptors (Lipinski definition) is 5. The Morgan fingerprint density at radius 3 is 2.83 bits per heavy atom. The molecule has 146 valence electrons. The molecule has 0 saturated carbocycles. The molecule has 0 fully saturated rings. The zero-order valence-corrected chi connectivity index (χ0v) is 19.5. The molecule has 4 rings (SSSR count). The molecule has 0 saturated heterocycles. The molecule has 0 aliphatic rings. The minimum atomic E-state index is 0.189. The van der Waals surface area contributed by atoms with E-state index in [1.165, 1.54) is 0 Å². The first-order chi connectivity index (χ1) is 14.0. The highest BCUT2D eigenvalue weighted by Crippen LogP contribution is 2.35. The number of thiazole rings is 1. The van der Waals surface area contributed by atoms with Gasteiger partial charge in [0.2, 0.25) is 0 Å². The van der Waals surface area contributed by atoms with Crippen LogP contribution in [0.15, 0.2) is 68.4 Å². The van der Waals surface area contributed by atoms with Crippen molar-refractivity contribution in [1.29, 1.82) is 0 Å². The van der Waals surface area contributed by atoms with E-state index in [0.29, 0.717) is 21.4 Å². The topological polar surface area (TPSA) is 45.5 Å². The maximum atomic E-state index is 9.94. The molecule has 1 heterocycles. The Morgan fingerprint density at radius 1 is 1.10 bits per heavy atom. The standard InChI is InChI=1S/C21H13BrCl2N2OS2/c22-14-1-6-19(27)12(7-14)10-25-16-3-5-18-20(9-16)29-21(26-18)28-11-13-8-15(23)2-4-17(13)24/h1-10,27H,11H2. The summed E-state index contributed by atoms with van der Waals surface area (Å²) in [6.45, 7) is 0. The number of aliphatic imine (C=N–C) groups is 1.